The normalized spacial score (nSPS) is 18.5. The van der Waals surface area contributed by atoms with E-state index in [0.29, 0.717) is 17.0 Å². The number of amides is 2. The van der Waals surface area contributed by atoms with Crippen LogP contribution in [0.25, 0.3) is 32.6 Å². The molecule has 0 saturated carbocycles. The summed E-state index contributed by atoms with van der Waals surface area (Å²) in [7, 11) is 0. The number of aromatic nitrogens is 4. The van der Waals surface area contributed by atoms with Crippen LogP contribution in [0.4, 0.5) is 10.7 Å². The first-order chi connectivity index (χ1) is 28.5. The number of fused-ring (bicyclic) bond motifs is 1. The second kappa shape index (κ2) is 17.4. The zero-order valence-electron chi connectivity index (χ0n) is 33.8. The minimum atomic E-state index is -0.781. The van der Waals surface area contributed by atoms with Gasteiger partial charge in [0.05, 0.1) is 51.0 Å². The predicted molar refractivity (Wildman–Crippen MR) is 235 cm³/mol. The van der Waals surface area contributed by atoms with E-state index < -0.39 is 18.1 Å². The summed E-state index contributed by atoms with van der Waals surface area (Å²) in [6.45, 7) is 11.5. The van der Waals surface area contributed by atoms with Gasteiger partial charge in [-0.1, -0.05) is 56.3 Å². The number of aliphatic hydroxyl groups excluding tert-OH is 1. The number of aryl methyl sites for hydroxylation is 1. The van der Waals surface area contributed by atoms with Gasteiger partial charge >= 0.3 is 0 Å². The van der Waals surface area contributed by atoms with Crippen molar-refractivity contribution in [2.45, 2.75) is 71.1 Å². The van der Waals surface area contributed by atoms with Crippen molar-refractivity contribution in [1.82, 2.24) is 29.8 Å². The Balaban J connectivity index is 0.894. The number of thiazole rings is 1. The van der Waals surface area contributed by atoms with E-state index in [1.54, 1.807) is 28.4 Å². The van der Waals surface area contributed by atoms with Crippen molar-refractivity contribution in [1.29, 1.82) is 0 Å². The summed E-state index contributed by atoms with van der Waals surface area (Å²) in [4.78, 5) is 40.0. The van der Waals surface area contributed by atoms with Crippen LogP contribution in [0, 0.1) is 12.8 Å². The van der Waals surface area contributed by atoms with Gasteiger partial charge < -0.3 is 30.2 Å². The van der Waals surface area contributed by atoms with Crippen molar-refractivity contribution < 1.29 is 19.8 Å². The lowest BCUT2D eigenvalue weighted by Crippen LogP contribution is -2.48. The molecular weight excluding hydrogens is 781 g/mol. The van der Waals surface area contributed by atoms with E-state index >= 15 is 0 Å². The maximum atomic E-state index is 14.4. The zero-order valence-corrected chi connectivity index (χ0v) is 35.4. The Morgan fingerprint density at radius 1 is 0.898 bits per heavy atom. The minimum absolute atomic E-state index is 0.0665. The highest BCUT2D eigenvalue weighted by Crippen LogP contribution is 2.36. The number of nitrogens with zero attached hydrogens (tertiary/aromatic N) is 7. The maximum Gasteiger partial charge on any atom is 0.243 e. The lowest BCUT2D eigenvalue weighted by Gasteiger charge is -2.32. The molecule has 6 aromatic rings. The van der Waals surface area contributed by atoms with Gasteiger partial charge in [0, 0.05) is 55.8 Å². The molecule has 3 aromatic carbocycles. The highest BCUT2D eigenvalue weighted by molar-refractivity contribution is 7.13. The number of benzene rings is 3. The summed E-state index contributed by atoms with van der Waals surface area (Å²) in [5.74, 6) is -0.876. The molecule has 2 saturated heterocycles. The molecule has 0 radical (unpaired) electrons. The number of aromatic hydroxyl groups is 1. The standard InChI is InChI=1S/C45H50N8O4S2/c1-27(2)42(45(57)53-25-34(54)23-39(53)44(56)47-28(3)30-11-13-31(14-12-30)43-29(4)46-26-58-43)38-24-41(59-50-38)52-19-7-17-51(18-8-20-52)33-16-15-32-21-37(49-48-36(32)22-33)35-9-5-6-10-40(35)55/h5-6,9-16,21-22,24,26-28,34,39,42,54-55H,7-8,17-20,23,25H2,1-4H3,(H,47,56)/t28-,34+,39?,42?/m0/s1. The number of phenols is 1. The number of aliphatic hydroxyl groups is 1. The van der Waals surface area contributed by atoms with Crippen LogP contribution in [0.2, 0.25) is 0 Å². The molecule has 14 heteroatoms. The average molecular weight is 831 g/mol. The van der Waals surface area contributed by atoms with Crippen LogP contribution in [-0.4, -0.2) is 91.4 Å². The maximum absolute atomic E-state index is 14.4. The van der Waals surface area contributed by atoms with Gasteiger partial charge in [-0.2, -0.15) is 4.37 Å². The topological polar surface area (TPSA) is 148 Å². The number of hydrogen-bond donors (Lipinski definition) is 3. The fourth-order valence-corrected chi connectivity index (χ4v) is 10.0. The van der Waals surface area contributed by atoms with Gasteiger partial charge in [-0.25, -0.2) is 4.98 Å². The van der Waals surface area contributed by atoms with Gasteiger partial charge in [0.1, 0.15) is 16.8 Å². The summed E-state index contributed by atoms with van der Waals surface area (Å²) in [6.07, 6.45) is 1.29. The van der Waals surface area contributed by atoms with Gasteiger partial charge in [0.25, 0.3) is 0 Å². The van der Waals surface area contributed by atoms with Crippen molar-refractivity contribution in [3.05, 3.63) is 101 Å². The first-order valence-corrected chi connectivity index (χ1v) is 22.0. The number of anilines is 2. The van der Waals surface area contributed by atoms with Crippen LogP contribution >= 0.6 is 22.9 Å². The largest absolute Gasteiger partial charge is 0.507 e. The number of rotatable bonds is 10. The number of phenolic OH excluding ortho intramolecular Hbond substituents is 1. The Kier molecular flexibility index (Phi) is 11.9. The van der Waals surface area contributed by atoms with E-state index in [9.17, 15) is 19.8 Å². The van der Waals surface area contributed by atoms with Gasteiger partial charge in [-0.3, -0.25) is 9.59 Å². The number of hydrogen-bond acceptors (Lipinski definition) is 12. The molecule has 0 aliphatic carbocycles. The second-order valence-corrected chi connectivity index (χ2v) is 17.6. The van der Waals surface area contributed by atoms with Crippen molar-refractivity contribution >= 4 is 56.3 Å². The van der Waals surface area contributed by atoms with Gasteiger partial charge in [0.2, 0.25) is 11.8 Å². The Morgan fingerprint density at radius 2 is 1.64 bits per heavy atom. The molecule has 2 aliphatic rings. The van der Waals surface area contributed by atoms with Crippen molar-refractivity contribution in [3.63, 3.8) is 0 Å². The molecule has 2 fully saturated rings. The van der Waals surface area contributed by atoms with Crippen LogP contribution in [0.15, 0.2) is 84.4 Å². The first-order valence-electron chi connectivity index (χ1n) is 20.4. The smallest absolute Gasteiger partial charge is 0.243 e. The third-order valence-corrected chi connectivity index (χ3v) is 13.4. The summed E-state index contributed by atoms with van der Waals surface area (Å²) in [6, 6.07) is 24.5. The Labute approximate surface area is 352 Å². The first kappa shape index (κ1) is 40.3. The van der Waals surface area contributed by atoms with Crippen molar-refractivity contribution in [3.8, 4) is 27.4 Å². The van der Waals surface area contributed by atoms with Crippen LogP contribution in [0.5, 0.6) is 5.75 Å². The van der Waals surface area contributed by atoms with Gasteiger partial charge in [0.15, 0.2) is 0 Å². The van der Waals surface area contributed by atoms with E-state index in [0.717, 1.165) is 82.3 Å². The number of nitrogens with one attached hydrogen (secondary N) is 1. The monoisotopic (exact) mass is 830 g/mol. The summed E-state index contributed by atoms with van der Waals surface area (Å²) < 4.78 is 4.84. The number of carbonyl (C=O) groups is 2. The Hall–Kier alpha value is -5.44. The van der Waals surface area contributed by atoms with Crippen molar-refractivity contribution in [2.75, 3.05) is 42.5 Å². The second-order valence-electron chi connectivity index (χ2n) is 16.0. The molecule has 0 spiro atoms. The molecule has 306 valence electrons. The van der Waals surface area contributed by atoms with E-state index in [2.05, 4.69) is 54.6 Å². The third-order valence-electron chi connectivity index (χ3n) is 11.5. The SMILES string of the molecule is Cc1ncsc1-c1ccc([C@H](C)NC(=O)C2C[C@@H](O)CN2C(=O)C(c2cc(N3CCCN(c4ccc5cc(-c6ccccc6O)nnc5c4)CCC3)sn2)C(C)C)cc1. The molecule has 2 unspecified atom stereocenters. The van der Waals surface area contributed by atoms with Gasteiger partial charge in [-0.15, -0.1) is 21.5 Å². The highest BCUT2D eigenvalue weighted by atomic mass is 32.1. The van der Waals surface area contributed by atoms with E-state index in [1.165, 1.54) is 11.5 Å². The molecule has 3 aromatic heterocycles. The molecule has 5 heterocycles. The Bertz CT molecular complexity index is 2420. The molecular formula is C45H50N8O4S2. The Morgan fingerprint density at radius 3 is 2.36 bits per heavy atom. The number of β-amino-alcohol motifs (C(OH)–C–C–N with tert-alkyl or cyclic N) is 1. The number of para-hydroxylation sites is 1. The highest BCUT2D eigenvalue weighted by Gasteiger charge is 2.43. The lowest BCUT2D eigenvalue weighted by atomic mass is 9.90. The van der Waals surface area contributed by atoms with Crippen molar-refractivity contribution in [2.24, 2.45) is 5.92 Å². The van der Waals surface area contributed by atoms with Crippen LogP contribution < -0.4 is 15.1 Å². The number of likely N-dealkylation sites (tertiary alicyclic amines) is 1. The van der Waals surface area contributed by atoms with E-state index in [-0.39, 0.29) is 42.5 Å². The van der Waals surface area contributed by atoms with E-state index in [1.807, 2.05) is 75.7 Å². The van der Waals surface area contributed by atoms with E-state index in [4.69, 9.17) is 4.37 Å². The quantitative estimate of drug-likeness (QED) is 0.126. The molecule has 3 N–H and O–H groups in total. The molecule has 2 aliphatic heterocycles. The zero-order chi connectivity index (χ0) is 41.2. The summed E-state index contributed by atoms with van der Waals surface area (Å²) in [5, 5.41) is 35.1. The van der Waals surface area contributed by atoms with Crippen LogP contribution in [0.1, 0.15) is 68.9 Å². The van der Waals surface area contributed by atoms with Gasteiger partial charge in [-0.05, 0) is 91.7 Å². The van der Waals surface area contributed by atoms with Crippen LogP contribution in [-0.2, 0) is 9.59 Å². The molecule has 2 amide bonds. The third kappa shape index (κ3) is 8.66. The predicted octanol–water partition coefficient (Wildman–Crippen LogP) is 7.58. The fraction of sp³-hybridized carbons (Fsp3) is 0.378. The minimum Gasteiger partial charge on any atom is -0.507 e. The molecule has 59 heavy (non-hydrogen) atoms. The lowest BCUT2D eigenvalue weighted by molar-refractivity contribution is -0.140. The fourth-order valence-electron chi connectivity index (χ4n) is 8.36. The van der Waals surface area contributed by atoms with Crippen LogP contribution in [0.3, 0.4) is 0 Å². The summed E-state index contributed by atoms with van der Waals surface area (Å²) >= 11 is 3.02. The number of carbonyl (C=O) groups excluding carboxylic acids is 2. The molecule has 12 nitrogen and oxygen atoms in total. The molecule has 8 rings (SSSR count). The molecule has 0 bridgehead atoms. The summed E-state index contributed by atoms with van der Waals surface area (Å²) in [5.41, 5.74) is 8.80. The average Bonchev–Trinajstić information content (AvgIpc) is 3.98. The molecule has 4 atom stereocenters.